The molecule has 1 unspecified atom stereocenters. The summed E-state index contributed by atoms with van der Waals surface area (Å²) < 4.78 is 5.68. The predicted octanol–water partition coefficient (Wildman–Crippen LogP) is 3.55. The Kier molecular flexibility index (Phi) is 4.83. The van der Waals surface area contributed by atoms with E-state index in [2.05, 4.69) is 5.10 Å². The molecular formula is C19H20N2O2. The largest absolute Gasteiger partial charge is 0.371 e. The number of benzene rings is 2. The van der Waals surface area contributed by atoms with Crippen molar-refractivity contribution in [3.8, 4) is 0 Å². The van der Waals surface area contributed by atoms with Crippen LogP contribution >= 0.6 is 0 Å². The normalized spacial score (nSPS) is 15.6. The molecule has 0 radical (unpaired) electrons. The molecule has 4 nitrogen and oxygen atoms in total. The molecule has 0 bridgehead atoms. The zero-order valence-electron chi connectivity index (χ0n) is 13.2. The Morgan fingerprint density at radius 2 is 1.70 bits per heavy atom. The van der Waals surface area contributed by atoms with Gasteiger partial charge in [-0.3, -0.25) is 4.79 Å². The number of amides is 1. The minimum absolute atomic E-state index is 0.0275. The Labute approximate surface area is 136 Å². The third-order valence-electron chi connectivity index (χ3n) is 3.89. The van der Waals surface area contributed by atoms with E-state index in [9.17, 15) is 4.79 Å². The van der Waals surface area contributed by atoms with Gasteiger partial charge in [0, 0.05) is 0 Å². The number of hydrogen-bond acceptors (Lipinski definition) is 3. The van der Waals surface area contributed by atoms with Crippen molar-refractivity contribution >= 4 is 11.6 Å². The summed E-state index contributed by atoms with van der Waals surface area (Å²) in [7, 11) is 0. The molecule has 0 spiro atoms. The van der Waals surface area contributed by atoms with Crippen molar-refractivity contribution in [2.24, 2.45) is 5.10 Å². The Morgan fingerprint density at radius 1 is 1.04 bits per heavy atom. The van der Waals surface area contributed by atoms with E-state index in [1.807, 2.05) is 67.6 Å². The molecule has 118 valence electrons. The number of hydrogen-bond donors (Lipinski definition) is 0. The zero-order valence-corrected chi connectivity index (χ0v) is 13.2. The van der Waals surface area contributed by atoms with Crippen LogP contribution in [0.5, 0.6) is 0 Å². The van der Waals surface area contributed by atoms with Crippen LogP contribution in [0.1, 0.15) is 30.5 Å². The molecule has 0 aliphatic carbocycles. The Morgan fingerprint density at radius 3 is 2.39 bits per heavy atom. The second-order valence-electron chi connectivity index (χ2n) is 5.65. The quantitative estimate of drug-likeness (QED) is 0.819. The zero-order chi connectivity index (χ0) is 16.1. The number of carbonyl (C=O) groups is 1. The lowest BCUT2D eigenvalue weighted by Crippen LogP contribution is -2.24. The minimum Gasteiger partial charge on any atom is -0.371 e. The summed E-state index contributed by atoms with van der Waals surface area (Å²) in [6.07, 6.45) is 0.339. The fourth-order valence-electron chi connectivity index (χ4n) is 2.62. The third-order valence-corrected chi connectivity index (χ3v) is 3.89. The molecular weight excluding hydrogens is 288 g/mol. The second-order valence-corrected chi connectivity index (χ2v) is 5.65. The van der Waals surface area contributed by atoms with Crippen molar-refractivity contribution in [1.82, 2.24) is 5.01 Å². The summed E-state index contributed by atoms with van der Waals surface area (Å²) in [4.78, 5) is 12.2. The van der Waals surface area contributed by atoms with E-state index < -0.39 is 0 Å². The van der Waals surface area contributed by atoms with Gasteiger partial charge in [0.1, 0.15) is 0 Å². The lowest BCUT2D eigenvalue weighted by atomic mass is 10.1. The van der Waals surface area contributed by atoms with Crippen molar-refractivity contribution < 1.29 is 9.53 Å². The van der Waals surface area contributed by atoms with Crippen molar-refractivity contribution in [1.29, 1.82) is 0 Å². The van der Waals surface area contributed by atoms with Crippen LogP contribution in [0.2, 0.25) is 0 Å². The number of nitrogens with zero attached hydrogens (tertiary/aromatic N) is 2. The van der Waals surface area contributed by atoms with E-state index >= 15 is 0 Å². The van der Waals surface area contributed by atoms with Gasteiger partial charge in [-0.05, 0) is 18.1 Å². The van der Waals surface area contributed by atoms with E-state index in [1.54, 1.807) is 5.01 Å². The van der Waals surface area contributed by atoms with E-state index in [0.29, 0.717) is 19.6 Å². The van der Waals surface area contributed by atoms with Crippen LogP contribution in [0.25, 0.3) is 0 Å². The van der Waals surface area contributed by atoms with Crippen LogP contribution in [0.4, 0.5) is 0 Å². The first-order valence-electron chi connectivity index (χ1n) is 7.79. The first-order valence-corrected chi connectivity index (χ1v) is 7.79. The van der Waals surface area contributed by atoms with Gasteiger partial charge in [-0.15, -0.1) is 0 Å². The number of ether oxygens (including phenoxy) is 1. The molecule has 23 heavy (non-hydrogen) atoms. The van der Waals surface area contributed by atoms with Gasteiger partial charge in [0.15, 0.2) is 0 Å². The van der Waals surface area contributed by atoms with Gasteiger partial charge in [0.2, 0.25) is 5.91 Å². The van der Waals surface area contributed by atoms with E-state index in [-0.39, 0.29) is 11.9 Å². The van der Waals surface area contributed by atoms with Crippen molar-refractivity contribution in [2.75, 3.05) is 6.61 Å². The molecule has 0 saturated carbocycles. The van der Waals surface area contributed by atoms with Crippen LogP contribution in [-0.4, -0.2) is 23.2 Å². The Hall–Kier alpha value is -2.46. The van der Waals surface area contributed by atoms with Gasteiger partial charge in [-0.2, -0.15) is 5.10 Å². The van der Waals surface area contributed by atoms with Crippen molar-refractivity contribution in [3.63, 3.8) is 0 Å². The molecule has 1 heterocycles. The van der Waals surface area contributed by atoms with Crippen LogP contribution in [0.3, 0.4) is 0 Å². The Bertz CT molecular complexity index is 683. The predicted molar refractivity (Wildman–Crippen MR) is 89.9 cm³/mol. The standard InChI is InChI=1S/C19H20N2O2/c1-15(17-10-6-3-7-11-17)21-19(22)12-18(20-21)14-23-13-16-8-4-2-5-9-16/h2-11,15H,12-14H2,1H3. The highest BCUT2D eigenvalue weighted by atomic mass is 16.5. The topological polar surface area (TPSA) is 41.9 Å². The Balaban J connectivity index is 1.58. The monoisotopic (exact) mass is 308 g/mol. The maximum atomic E-state index is 12.2. The molecule has 1 aliphatic rings. The molecule has 1 amide bonds. The van der Waals surface area contributed by atoms with Crippen LogP contribution in [0, 0.1) is 0 Å². The average Bonchev–Trinajstić information content (AvgIpc) is 2.97. The van der Waals surface area contributed by atoms with Crippen molar-refractivity contribution in [2.45, 2.75) is 26.0 Å². The summed E-state index contributed by atoms with van der Waals surface area (Å²) in [6, 6.07) is 19.9. The maximum Gasteiger partial charge on any atom is 0.249 e. The van der Waals surface area contributed by atoms with Gasteiger partial charge in [0.05, 0.1) is 31.4 Å². The minimum atomic E-state index is -0.0599. The van der Waals surface area contributed by atoms with Gasteiger partial charge < -0.3 is 4.74 Å². The summed E-state index contributed by atoms with van der Waals surface area (Å²) in [6.45, 7) is 2.91. The molecule has 0 fully saturated rings. The maximum absolute atomic E-state index is 12.2. The lowest BCUT2D eigenvalue weighted by Gasteiger charge is -2.20. The first kappa shape index (κ1) is 15.4. The number of hydrazone groups is 1. The molecule has 1 atom stereocenters. The van der Waals surface area contributed by atoms with E-state index in [0.717, 1.165) is 16.8 Å². The highest BCUT2D eigenvalue weighted by Crippen LogP contribution is 2.24. The summed E-state index contributed by atoms with van der Waals surface area (Å²) in [5.74, 6) is 0.0275. The SMILES string of the molecule is CC(c1ccccc1)N1N=C(COCc2ccccc2)CC1=O. The summed E-state index contributed by atoms with van der Waals surface area (Å²) in [5, 5.41) is 6.02. The fraction of sp³-hybridized carbons (Fsp3) is 0.263. The van der Waals surface area contributed by atoms with E-state index in [4.69, 9.17) is 4.74 Å². The molecule has 0 N–H and O–H groups in total. The van der Waals surface area contributed by atoms with Gasteiger partial charge in [0.25, 0.3) is 0 Å². The molecule has 4 heteroatoms. The van der Waals surface area contributed by atoms with E-state index in [1.165, 1.54) is 0 Å². The number of rotatable bonds is 6. The van der Waals surface area contributed by atoms with Gasteiger partial charge >= 0.3 is 0 Å². The number of carbonyl (C=O) groups excluding carboxylic acids is 1. The molecule has 2 aromatic carbocycles. The van der Waals surface area contributed by atoms with Crippen LogP contribution < -0.4 is 0 Å². The van der Waals surface area contributed by atoms with Gasteiger partial charge in [-0.25, -0.2) is 5.01 Å². The highest BCUT2D eigenvalue weighted by Gasteiger charge is 2.28. The summed E-state index contributed by atoms with van der Waals surface area (Å²) in [5.41, 5.74) is 2.98. The molecule has 0 aromatic heterocycles. The fourth-order valence-corrected chi connectivity index (χ4v) is 2.62. The molecule has 2 aromatic rings. The molecule has 3 rings (SSSR count). The second kappa shape index (κ2) is 7.20. The lowest BCUT2D eigenvalue weighted by molar-refractivity contribution is -0.130. The molecule has 0 saturated heterocycles. The van der Waals surface area contributed by atoms with Crippen molar-refractivity contribution in [3.05, 3.63) is 71.8 Å². The first-order chi connectivity index (χ1) is 11.2. The highest BCUT2D eigenvalue weighted by molar-refractivity contribution is 6.05. The van der Waals surface area contributed by atoms with Crippen LogP contribution in [0.15, 0.2) is 65.8 Å². The smallest absolute Gasteiger partial charge is 0.249 e. The molecule has 1 aliphatic heterocycles. The van der Waals surface area contributed by atoms with Crippen LogP contribution in [-0.2, 0) is 16.1 Å². The average molecular weight is 308 g/mol. The summed E-state index contributed by atoms with van der Waals surface area (Å²) >= 11 is 0. The third kappa shape index (κ3) is 3.85. The van der Waals surface area contributed by atoms with Gasteiger partial charge in [-0.1, -0.05) is 60.7 Å².